The highest BCUT2D eigenvalue weighted by Crippen LogP contribution is 2.86. The van der Waals surface area contributed by atoms with E-state index in [1.165, 1.54) is 6.42 Å². The fourth-order valence-electron chi connectivity index (χ4n) is 6.07. The first-order valence-corrected chi connectivity index (χ1v) is 6.31. The molecular weight excluding hydrogens is 219 g/mol. The zero-order valence-corrected chi connectivity index (χ0v) is 9.00. The summed E-state index contributed by atoms with van der Waals surface area (Å²) in [7, 11) is 0. The molecule has 0 saturated heterocycles. The van der Waals surface area contributed by atoms with E-state index in [0.29, 0.717) is 35.4 Å². The van der Waals surface area contributed by atoms with E-state index in [-0.39, 0.29) is 11.8 Å². The molecule has 0 aliphatic heterocycles. The summed E-state index contributed by atoms with van der Waals surface area (Å²) in [6.07, 6.45) is 1.25. The Hall–Kier alpha value is 0.250. The second-order valence-electron chi connectivity index (χ2n) is 5.90. The van der Waals surface area contributed by atoms with Crippen LogP contribution in [0, 0.1) is 47.3 Å². The Morgan fingerprint density at radius 2 is 1.86 bits per heavy atom. The average molecular weight is 229 g/mol. The van der Waals surface area contributed by atoms with Crippen LogP contribution < -0.4 is 0 Å². The quantitative estimate of drug-likeness (QED) is 0.581. The maximum atomic E-state index is 12.1. The van der Waals surface area contributed by atoms with Crippen molar-refractivity contribution in [3.8, 4) is 0 Å². The molecule has 5 aliphatic rings. The fourth-order valence-corrected chi connectivity index (χ4v) is 7.23. The third kappa shape index (κ3) is 0.427. The maximum absolute atomic E-state index is 12.1. The average Bonchev–Trinajstić information content (AvgIpc) is 2.52. The largest absolute Gasteiger partial charge is 0.299 e. The van der Waals surface area contributed by atoms with E-state index in [4.69, 9.17) is 23.2 Å². The molecule has 0 spiro atoms. The van der Waals surface area contributed by atoms with Crippen LogP contribution in [-0.4, -0.2) is 10.1 Å². The monoisotopic (exact) mass is 228 g/mol. The van der Waals surface area contributed by atoms with E-state index in [9.17, 15) is 4.79 Å². The maximum Gasteiger partial charge on any atom is 0.140 e. The van der Waals surface area contributed by atoms with Gasteiger partial charge in [0.2, 0.25) is 0 Å². The molecule has 0 heterocycles. The van der Waals surface area contributed by atoms with Gasteiger partial charge in [-0.1, -0.05) is 0 Å². The van der Waals surface area contributed by atoms with Crippen LogP contribution in [0.25, 0.3) is 0 Å². The predicted octanol–water partition coefficient (Wildman–Crippen LogP) is 2.12. The molecule has 0 radical (unpaired) electrons. The van der Waals surface area contributed by atoms with E-state index in [1.54, 1.807) is 0 Å². The molecule has 74 valence electrons. The Balaban J connectivity index is 1.87. The van der Waals surface area contributed by atoms with Gasteiger partial charge in [-0.15, -0.1) is 23.2 Å². The van der Waals surface area contributed by atoms with Crippen LogP contribution in [0.3, 0.4) is 0 Å². The summed E-state index contributed by atoms with van der Waals surface area (Å²) in [4.78, 5) is 12.1. The minimum absolute atomic E-state index is 0.264. The summed E-state index contributed by atoms with van der Waals surface area (Å²) in [6, 6.07) is 0. The van der Waals surface area contributed by atoms with Crippen molar-refractivity contribution in [3.05, 3.63) is 0 Å². The minimum atomic E-state index is -0.541. The van der Waals surface area contributed by atoms with Gasteiger partial charge in [0.05, 0.1) is 0 Å². The summed E-state index contributed by atoms with van der Waals surface area (Å²) in [5.41, 5.74) is 0. The number of hydrogen-bond acceptors (Lipinski definition) is 1. The Labute approximate surface area is 92.1 Å². The van der Waals surface area contributed by atoms with Crippen LogP contribution in [0.5, 0.6) is 0 Å². The minimum Gasteiger partial charge on any atom is -0.299 e. The molecule has 0 aromatic heterocycles. The normalized spacial score (nSPS) is 73.4. The van der Waals surface area contributed by atoms with Crippen molar-refractivity contribution >= 4 is 29.0 Å². The third-order valence-electron chi connectivity index (χ3n) is 6.05. The molecule has 5 fully saturated rings. The second-order valence-corrected chi connectivity index (χ2v) is 7.34. The highest BCUT2D eigenvalue weighted by molar-refractivity contribution is 6.49. The van der Waals surface area contributed by atoms with Crippen molar-refractivity contribution < 1.29 is 4.79 Å². The molecule has 0 N–H and O–H groups in total. The van der Waals surface area contributed by atoms with Crippen molar-refractivity contribution in [3.63, 3.8) is 0 Å². The smallest absolute Gasteiger partial charge is 0.140 e. The van der Waals surface area contributed by atoms with E-state index in [0.717, 1.165) is 5.92 Å². The molecule has 5 saturated carbocycles. The first kappa shape index (κ1) is 7.51. The number of hydrogen-bond donors (Lipinski definition) is 0. The molecular formula is C11H10Cl2O. The van der Waals surface area contributed by atoms with Crippen molar-refractivity contribution in [1.82, 2.24) is 0 Å². The second kappa shape index (κ2) is 1.69. The molecule has 2 bridgehead atoms. The number of alkyl halides is 2. The van der Waals surface area contributed by atoms with Crippen molar-refractivity contribution in [2.24, 2.45) is 47.3 Å². The van der Waals surface area contributed by atoms with Gasteiger partial charge in [0.25, 0.3) is 0 Å². The van der Waals surface area contributed by atoms with Crippen LogP contribution in [0.2, 0.25) is 0 Å². The number of halogens is 2. The number of fused-ring (bicyclic) bond motifs is 2. The summed E-state index contributed by atoms with van der Waals surface area (Å²) in [5, 5.41) is 0. The number of ketones is 1. The van der Waals surface area contributed by atoms with E-state index in [2.05, 4.69) is 0 Å². The fraction of sp³-hybridized carbons (Fsp3) is 0.909. The Bertz CT molecular complexity index is 391. The molecule has 5 rings (SSSR count). The van der Waals surface area contributed by atoms with Crippen LogP contribution in [0.4, 0.5) is 0 Å². The third-order valence-corrected chi connectivity index (χ3v) is 7.06. The van der Waals surface area contributed by atoms with Gasteiger partial charge in [-0.2, -0.15) is 0 Å². The lowest BCUT2D eigenvalue weighted by molar-refractivity contribution is -0.133. The van der Waals surface area contributed by atoms with Gasteiger partial charge in [0, 0.05) is 23.7 Å². The van der Waals surface area contributed by atoms with E-state index < -0.39 is 4.33 Å². The number of carbonyl (C=O) groups is 1. The first-order valence-electron chi connectivity index (χ1n) is 5.55. The number of carbonyl (C=O) groups excluding carboxylic acids is 1. The molecule has 0 aromatic rings. The number of Topliss-reactive ketones (excluding diaryl/α,β-unsaturated/α-hetero) is 1. The van der Waals surface area contributed by atoms with Gasteiger partial charge in [-0.05, 0) is 30.1 Å². The van der Waals surface area contributed by atoms with Gasteiger partial charge in [0.15, 0.2) is 0 Å². The molecule has 14 heavy (non-hydrogen) atoms. The van der Waals surface area contributed by atoms with Crippen molar-refractivity contribution in [2.45, 2.75) is 10.8 Å². The zero-order chi connectivity index (χ0) is 9.40. The Morgan fingerprint density at radius 1 is 1.07 bits per heavy atom. The molecule has 8 atom stereocenters. The molecule has 5 aliphatic carbocycles. The lowest BCUT2D eigenvalue weighted by atomic mass is 9.59. The molecule has 0 amide bonds. The molecule has 1 nitrogen and oxygen atoms in total. The highest BCUT2D eigenvalue weighted by atomic mass is 35.5. The standard InChI is InChI=1S/C11H10Cl2O/c12-11(13)8-3-1-2-4-5(3)9(11)7(4)10(14)6(2)8/h2-9H,1H2/t2-,3-,4+,5+,6-,7+,8-,9-/m1/s1. The summed E-state index contributed by atoms with van der Waals surface area (Å²) >= 11 is 13.0. The summed E-state index contributed by atoms with van der Waals surface area (Å²) in [5.74, 6) is 4.55. The molecule has 0 unspecified atom stereocenters. The summed E-state index contributed by atoms with van der Waals surface area (Å²) < 4.78 is -0.541. The number of rotatable bonds is 0. The zero-order valence-electron chi connectivity index (χ0n) is 7.49. The van der Waals surface area contributed by atoms with E-state index >= 15 is 0 Å². The predicted molar refractivity (Wildman–Crippen MR) is 52.0 cm³/mol. The Morgan fingerprint density at radius 3 is 2.64 bits per heavy atom. The van der Waals surface area contributed by atoms with Crippen molar-refractivity contribution in [2.75, 3.05) is 0 Å². The SMILES string of the molecule is O=C1[C@@H]2[C@@H]3C[C@@H]4[C@H]5[C@H]3[C@H]1[C@@H]5C(Cl)(Cl)[C@H]42. The topological polar surface area (TPSA) is 17.1 Å². The lowest BCUT2D eigenvalue weighted by Gasteiger charge is -2.47. The van der Waals surface area contributed by atoms with Gasteiger partial charge in [0.1, 0.15) is 10.1 Å². The first-order chi connectivity index (χ1) is 6.64. The van der Waals surface area contributed by atoms with Crippen LogP contribution in [0.1, 0.15) is 6.42 Å². The molecule has 0 aromatic carbocycles. The highest BCUT2D eigenvalue weighted by Gasteiger charge is 2.87. The van der Waals surface area contributed by atoms with Crippen LogP contribution in [-0.2, 0) is 4.79 Å². The van der Waals surface area contributed by atoms with Crippen molar-refractivity contribution in [1.29, 1.82) is 0 Å². The van der Waals surface area contributed by atoms with Crippen LogP contribution in [0.15, 0.2) is 0 Å². The Kier molecular flexibility index (Phi) is 0.909. The summed E-state index contributed by atoms with van der Waals surface area (Å²) in [6.45, 7) is 0. The van der Waals surface area contributed by atoms with E-state index in [1.807, 2.05) is 0 Å². The van der Waals surface area contributed by atoms with Gasteiger partial charge in [-0.25, -0.2) is 0 Å². The van der Waals surface area contributed by atoms with Gasteiger partial charge in [-0.3, -0.25) is 4.79 Å². The van der Waals surface area contributed by atoms with Gasteiger partial charge >= 0.3 is 0 Å². The van der Waals surface area contributed by atoms with Gasteiger partial charge < -0.3 is 0 Å². The molecule has 3 heteroatoms. The van der Waals surface area contributed by atoms with Crippen LogP contribution >= 0.6 is 23.2 Å². The lowest BCUT2D eigenvalue weighted by Crippen LogP contribution is -2.52.